The summed E-state index contributed by atoms with van der Waals surface area (Å²) < 4.78 is 6.98. The van der Waals surface area contributed by atoms with Crippen LogP contribution in [0.3, 0.4) is 0 Å². The van der Waals surface area contributed by atoms with Gasteiger partial charge in [-0.15, -0.1) is 0 Å². The Morgan fingerprint density at radius 1 is 1.32 bits per heavy atom. The average molecular weight is 323 g/mol. The summed E-state index contributed by atoms with van der Waals surface area (Å²) in [5.74, 6) is 0.428. The molecule has 1 unspecified atom stereocenters. The monoisotopic (exact) mass is 322 g/mol. The molecule has 1 atom stereocenters. The number of carbonyl (C=O) groups excluding carboxylic acids is 1. The van der Waals surface area contributed by atoms with Crippen LogP contribution in [0.15, 0.2) is 28.7 Å². The Hall–Kier alpha value is -0.670. The lowest BCUT2D eigenvalue weighted by molar-refractivity contribution is -0.0866. The zero-order valence-corrected chi connectivity index (χ0v) is 12.6. The first-order chi connectivity index (χ1) is 9.19. The van der Waals surface area contributed by atoms with Crippen LogP contribution in [0, 0.1) is 5.92 Å². The highest BCUT2D eigenvalue weighted by Gasteiger charge is 2.41. The molecule has 1 aliphatic carbocycles. The van der Waals surface area contributed by atoms with Gasteiger partial charge in [0.25, 0.3) is 0 Å². The number of ketones is 1. The minimum atomic E-state index is 0.0184. The van der Waals surface area contributed by atoms with E-state index in [0.717, 1.165) is 42.3 Å². The van der Waals surface area contributed by atoms with Crippen molar-refractivity contribution in [1.29, 1.82) is 0 Å². The van der Waals surface area contributed by atoms with Gasteiger partial charge in [-0.1, -0.05) is 40.9 Å². The van der Waals surface area contributed by atoms with E-state index in [2.05, 4.69) is 15.9 Å². The fourth-order valence-corrected chi connectivity index (χ4v) is 3.90. The molecule has 3 heteroatoms. The van der Waals surface area contributed by atoms with Gasteiger partial charge in [-0.25, -0.2) is 0 Å². The second-order valence-electron chi connectivity index (χ2n) is 5.80. The van der Waals surface area contributed by atoms with Crippen molar-refractivity contribution in [3.8, 4) is 0 Å². The molecule has 1 saturated carbocycles. The van der Waals surface area contributed by atoms with Gasteiger partial charge in [-0.2, -0.15) is 0 Å². The topological polar surface area (TPSA) is 26.3 Å². The molecule has 2 fully saturated rings. The van der Waals surface area contributed by atoms with Crippen molar-refractivity contribution < 1.29 is 9.53 Å². The van der Waals surface area contributed by atoms with Crippen LogP contribution in [0.25, 0.3) is 0 Å². The number of benzene rings is 1. The Kier molecular flexibility index (Phi) is 3.77. The summed E-state index contributed by atoms with van der Waals surface area (Å²) in [6.07, 6.45) is 6.55. The lowest BCUT2D eigenvalue weighted by atomic mass is 9.81. The van der Waals surface area contributed by atoms with Gasteiger partial charge in [-0.05, 0) is 37.8 Å². The van der Waals surface area contributed by atoms with Crippen LogP contribution < -0.4 is 0 Å². The first-order valence-electron chi connectivity index (χ1n) is 7.12. The van der Waals surface area contributed by atoms with E-state index >= 15 is 0 Å². The summed E-state index contributed by atoms with van der Waals surface area (Å²) in [6, 6.07) is 7.74. The molecule has 3 rings (SSSR count). The van der Waals surface area contributed by atoms with Crippen molar-refractivity contribution in [2.75, 3.05) is 6.61 Å². The molecule has 2 aliphatic rings. The van der Waals surface area contributed by atoms with Gasteiger partial charge in [0, 0.05) is 22.6 Å². The van der Waals surface area contributed by atoms with Crippen molar-refractivity contribution in [2.45, 2.75) is 44.1 Å². The third kappa shape index (κ3) is 2.77. The first-order valence-corrected chi connectivity index (χ1v) is 7.92. The lowest BCUT2D eigenvalue weighted by Gasteiger charge is -2.37. The molecule has 0 radical (unpaired) electrons. The Labute approximate surface area is 122 Å². The quantitative estimate of drug-likeness (QED) is 0.756. The van der Waals surface area contributed by atoms with E-state index in [9.17, 15) is 4.79 Å². The minimum absolute atomic E-state index is 0.0184. The molecule has 0 amide bonds. The van der Waals surface area contributed by atoms with Crippen molar-refractivity contribution in [3.05, 3.63) is 34.3 Å². The van der Waals surface area contributed by atoms with Gasteiger partial charge in [0.15, 0.2) is 5.78 Å². The van der Waals surface area contributed by atoms with Crippen molar-refractivity contribution in [3.63, 3.8) is 0 Å². The molecular formula is C16H19BrO2. The third-order valence-electron chi connectivity index (χ3n) is 4.49. The van der Waals surface area contributed by atoms with E-state index in [1.165, 1.54) is 12.8 Å². The second-order valence-corrected chi connectivity index (χ2v) is 6.72. The summed E-state index contributed by atoms with van der Waals surface area (Å²) in [6.45, 7) is 0.740. The van der Waals surface area contributed by atoms with E-state index in [4.69, 9.17) is 4.74 Å². The summed E-state index contributed by atoms with van der Waals surface area (Å²) in [4.78, 5) is 12.6. The van der Waals surface area contributed by atoms with Crippen LogP contribution in [-0.4, -0.2) is 18.0 Å². The molecule has 1 aromatic carbocycles. The Bertz CT molecular complexity index is 477. The molecule has 0 aromatic heterocycles. The van der Waals surface area contributed by atoms with Crippen LogP contribution in [-0.2, 0) is 4.74 Å². The maximum Gasteiger partial charge on any atom is 0.166 e. The first kappa shape index (κ1) is 13.3. The van der Waals surface area contributed by atoms with Crippen LogP contribution in [0.1, 0.15) is 48.9 Å². The normalized spacial score (nSPS) is 25.6. The van der Waals surface area contributed by atoms with Crippen LogP contribution in [0.2, 0.25) is 0 Å². The predicted molar refractivity (Wildman–Crippen MR) is 78.3 cm³/mol. The minimum Gasteiger partial charge on any atom is -0.375 e. The third-order valence-corrected chi connectivity index (χ3v) is 4.98. The van der Waals surface area contributed by atoms with E-state index in [0.29, 0.717) is 0 Å². The summed E-state index contributed by atoms with van der Waals surface area (Å²) >= 11 is 3.44. The molecule has 102 valence electrons. The highest BCUT2D eigenvalue weighted by Crippen LogP contribution is 2.42. The maximum atomic E-state index is 12.6. The molecular weight excluding hydrogens is 304 g/mol. The number of carbonyl (C=O) groups is 1. The summed E-state index contributed by atoms with van der Waals surface area (Å²) in [7, 11) is 0. The maximum absolute atomic E-state index is 12.6. The van der Waals surface area contributed by atoms with Gasteiger partial charge in [0.1, 0.15) is 0 Å². The van der Waals surface area contributed by atoms with E-state index in [1.54, 1.807) is 0 Å². The fraction of sp³-hybridized carbons (Fsp3) is 0.562. The zero-order valence-electron chi connectivity index (χ0n) is 11.0. The fourth-order valence-electron chi connectivity index (χ4n) is 3.50. The number of rotatable bonds is 2. The number of hydrogen-bond donors (Lipinski definition) is 0. The summed E-state index contributed by atoms with van der Waals surface area (Å²) in [5, 5.41) is 0. The highest BCUT2D eigenvalue weighted by atomic mass is 79.9. The van der Waals surface area contributed by atoms with Gasteiger partial charge in [0.2, 0.25) is 0 Å². The second kappa shape index (κ2) is 5.37. The molecule has 1 saturated heterocycles. The molecule has 0 bridgehead atoms. The number of Topliss-reactive ketones (excluding diaryl/α,β-unsaturated/α-hetero) is 1. The van der Waals surface area contributed by atoms with Crippen molar-refractivity contribution in [1.82, 2.24) is 0 Å². The van der Waals surface area contributed by atoms with E-state index in [-0.39, 0.29) is 17.3 Å². The van der Waals surface area contributed by atoms with Gasteiger partial charge in [-0.3, -0.25) is 4.79 Å². The Balaban J connectivity index is 1.76. The standard InChI is InChI=1S/C16H19BrO2/c17-14-5-3-4-12(10-14)15(18)13-6-9-19-16(11-13)7-1-2-8-16/h3-5,10,13H,1-2,6-9,11H2. The van der Waals surface area contributed by atoms with Gasteiger partial charge >= 0.3 is 0 Å². The lowest BCUT2D eigenvalue weighted by Crippen LogP contribution is -2.39. The molecule has 1 aliphatic heterocycles. The molecule has 1 spiro atoms. The van der Waals surface area contributed by atoms with Gasteiger partial charge < -0.3 is 4.74 Å². The Morgan fingerprint density at radius 2 is 2.11 bits per heavy atom. The number of halogens is 1. The molecule has 19 heavy (non-hydrogen) atoms. The van der Waals surface area contributed by atoms with Crippen LogP contribution in [0.5, 0.6) is 0 Å². The largest absolute Gasteiger partial charge is 0.375 e. The van der Waals surface area contributed by atoms with Crippen LogP contribution in [0.4, 0.5) is 0 Å². The molecule has 1 aromatic rings. The summed E-state index contributed by atoms with van der Waals surface area (Å²) in [5.41, 5.74) is 0.847. The average Bonchev–Trinajstić information content (AvgIpc) is 2.86. The van der Waals surface area contributed by atoms with Crippen molar-refractivity contribution >= 4 is 21.7 Å². The van der Waals surface area contributed by atoms with E-state index < -0.39 is 0 Å². The Morgan fingerprint density at radius 3 is 2.84 bits per heavy atom. The van der Waals surface area contributed by atoms with Crippen LogP contribution >= 0.6 is 15.9 Å². The molecule has 2 nitrogen and oxygen atoms in total. The van der Waals surface area contributed by atoms with E-state index in [1.807, 2.05) is 24.3 Å². The zero-order chi connectivity index (χ0) is 13.3. The number of hydrogen-bond acceptors (Lipinski definition) is 2. The number of ether oxygens (including phenoxy) is 1. The smallest absolute Gasteiger partial charge is 0.166 e. The molecule has 1 heterocycles. The predicted octanol–water partition coefficient (Wildman–Crippen LogP) is 4.37. The van der Waals surface area contributed by atoms with Crippen molar-refractivity contribution in [2.24, 2.45) is 5.92 Å². The SMILES string of the molecule is O=C(c1cccc(Br)c1)C1CCOC2(CCCC2)C1. The molecule has 0 N–H and O–H groups in total. The highest BCUT2D eigenvalue weighted by molar-refractivity contribution is 9.10. The van der Waals surface area contributed by atoms with Gasteiger partial charge in [0.05, 0.1) is 5.60 Å².